The van der Waals surface area contributed by atoms with Crippen LogP contribution < -0.4 is 5.32 Å². The van der Waals surface area contributed by atoms with Gasteiger partial charge in [0.2, 0.25) is 0 Å². The number of ether oxygens (including phenoxy) is 1. The molecular formula is C25H30F3N3O6. The van der Waals surface area contributed by atoms with Gasteiger partial charge in [-0.15, -0.1) is 0 Å². The fourth-order valence-corrected chi connectivity index (χ4v) is 4.31. The van der Waals surface area contributed by atoms with E-state index in [1.54, 1.807) is 17.0 Å². The van der Waals surface area contributed by atoms with E-state index in [1.807, 2.05) is 38.2 Å². The largest absolute Gasteiger partial charge is 0.490 e. The van der Waals surface area contributed by atoms with Crippen LogP contribution in [-0.4, -0.2) is 83.8 Å². The predicted molar refractivity (Wildman–Crippen MR) is 126 cm³/mol. The number of carboxylic acids is 1. The van der Waals surface area contributed by atoms with Gasteiger partial charge in [-0.25, -0.2) is 4.79 Å². The third-order valence-electron chi connectivity index (χ3n) is 6.24. The van der Waals surface area contributed by atoms with Crippen molar-refractivity contribution in [2.45, 2.75) is 44.2 Å². The van der Waals surface area contributed by atoms with Gasteiger partial charge >= 0.3 is 12.1 Å². The lowest BCUT2D eigenvalue weighted by molar-refractivity contribution is -0.192. The molecule has 1 unspecified atom stereocenters. The summed E-state index contributed by atoms with van der Waals surface area (Å²) in [4.78, 5) is 38.2. The quantitative estimate of drug-likeness (QED) is 0.631. The molecule has 2 N–H and O–H groups in total. The smallest absolute Gasteiger partial charge is 0.475 e. The van der Waals surface area contributed by atoms with Gasteiger partial charge in [0.15, 0.2) is 5.76 Å². The number of nitrogens with zero attached hydrogens (tertiary/aromatic N) is 2. The van der Waals surface area contributed by atoms with Gasteiger partial charge < -0.3 is 29.4 Å². The Morgan fingerprint density at radius 1 is 1.14 bits per heavy atom. The Kier molecular flexibility index (Phi) is 8.98. The molecule has 0 bridgehead atoms. The second kappa shape index (κ2) is 11.8. The highest BCUT2D eigenvalue weighted by atomic mass is 19.4. The van der Waals surface area contributed by atoms with E-state index < -0.39 is 23.9 Å². The summed E-state index contributed by atoms with van der Waals surface area (Å²) in [5.41, 5.74) is 1.86. The Labute approximate surface area is 212 Å². The van der Waals surface area contributed by atoms with Crippen LogP contribution in [0.2, 0.25) is 0 Å². The maximum absolute atomic E-state index is 12.8. The van der Waals surface area contributed by atoms with Crippen LogP contribution in [0.5, 0.6) is 0 Å². The van der Waals surface area contributed by atoms with Crippen LogP contribution in [0.3, 0.4) is 0 Å². The van der Waals surface area contributed by atoms with Crippen molar-refractivity contribution in [1.29, 1.82) is 0 Å². The van der Waals surface area contributed by atoms with Gasteiger partial charge in [0, 0.05) is 32.7 Å². The average molecular weight is 526 g/mol. The van der Waals surface area contributed by atoms with Gasteiger partial charge in [0.25, 0.3) is 11.8 Å². The Balaban J connectivity index is 0.000000479. The highest BCUT2D eigenvalue weighted by Gasteiger charge is 2.45. The Bertz CT molecular complexity index is 1060. The number of morpholine rings is 1. The minimum Gasteiger partial charge on any atom is -0.475 e. The highest BCUT2D eigenvalue weighted by molar-refractivity contribution is 5.91. The Hall–Kier alpha value is -3.38. The number of nitrogens with one attached hydrogen (secondary N) is 1. The average Bonchev–Trinajstić information content (AvgIpc) is 3.38. The summed E-state index contributed by atoms with van der Waals surface area (Å²) in [6, 6.07) is 11.5. The number of halogens is 3. The molecule has 4 rings (SSSR count). The number of aryl methyl sites for hydroxylation is 1. The first-order chi connectivity index (χ1) is 17.4. The molecule has 2 aliphatic rings. The minimum absolute atomic E-state index is 0.0874. The molecule has 9 nitrogen and oxygen atoms in total. The molecule has 202 valence electrons. The summed E-state index contributed by atoms with van der Waals surface area (Å²) in [6.07, 6.45) is -2.68. The van der Waals surface area contributed by atoms with Crippen molar-refractivity contribution in [3.8, 4) is 0 Å². The monoisotopic (exact) mass is 525 g/mol. The Morgan fingerprint density at radius 2 is 1.76 bits per heavy atom. The zero-order valence-electron chi connectivity index (χ0n) is 20.6. The fourth-order valence-electron chi connectivity index (χ4n) is 4.31. The van der Waals surface area contributed by atoms with Crippen molar-refractivity contribution in [2.75, 3.05) is 33.2 Å². The number of benzene rings is 1. The molecule has 0 aliphatic carbocycles. The molecule has 3 heterocycles. The van der Waals surface area contributed by atoms with Crippen molar-refractivity contribution >= 4 is 17.8 Å². The van der Waals surface area contributed by atoms with Crippen molar-refractivity contribution < 1.29 is 41.8 Å². The lowest BCUT2D eigenvalue weighted by Crippen LogP contribution is -2.61. The zero-order valence-corrected chi connectivity index (χ0v) is 20.6. The maximum atomic E-state index is 12.8. The number of likely N-dealkylation sites (tertiary alicyclic amines) is 1. The number of carboxylic acid groups (broad SMARTS) is 1. The normalized spacial score (nSPS) is 19.6. The van der Waals surface area contributed by atoms with Crippen LogP contribution in [-0.2, 0) is 20.9 Å². The first-order valence-electron chi connectivity index (χ1n) is 11.7. The Morgan fingerprint density at radius 3 is 2.30 bits per heavy atom. The summed E-state index contributed by atoms with van der Waals surface area (Å²) in [7, 11) is 2.02. The molecule has 1 spiro atoms. The van der Waals surface area contributed by atoms with Crippen LogP contribution in [0.15, 0.2) is 47.1 Å². The molecule has 2 amide bonds. The number of hydrogen-bond acceptors (Lipinski definition) is 6. The van der Waals surface area contributed by atoms with E-state index >= 15 is 0 Å². The number of aliphatic carboxylic acids is 1. The van der Waals surface area contributed by atoms with Crippen LogP contribution in [0.4, 0.5) is 13.2 Å². The van der Waals surface area contributed by atoms with Gasteiger partial charge in [-0.1, -0.05) is 29.8 Å². The third kappa shape index (κ3) is 7.80. The molecule has 37 heavy (non-hydrogen) atoms. The lowest BCUT2D eigenvalue weighted by atomic mass is 9.88. The van der Waals surface area contributed by atoms with E-state index in [0.29, 0.717) is 44.8 Å². The molecule has 2 aliphatic heterocycles. The molecule has 2 aromatic rings. The van der Waals surface area contributed by atoms with Crippen LogP contribution in [0, 0.1) is 6.92 Å². The van der Waals surface area contributed by atoms with E-state index in [1.165, 1.54) is 11.8 Å². The van der Waals surface area contributed by atoms with E-state index in [4.69, 9.17) is 19.1 Å². The summed E-state index contributed by atoms with van der Waals surface area (Å²) in [5.74, 6) is -2.57. The van der Waals surface area contributed by atoms with Gasteiger partial charge in [-0.2, -0.15) is 13.2 Å². The van der Waals surface area contributed by atoms with Crippen molar-refractivity contribution in [2.24, 2.45) is 0 Å². The number of rotatable bonds is 4. The summed E-state index contributed by atoms with van der Waals surface area (Å²) < 4.78 is 43.3. The number of carbonyl (C=O) groups is 3. The first kappa shape index (κ1) is 28.2. The van der Waals surface area contributed by atoms with Gasteiger partial charge in [-0.3, -0.25) is 9.59 Å². The number of hydrogen-bond donors (Lipinski definition) is 2. The van der Waals surface area contributed by atoms with E-state index in [-0.39, 0.29) is 11.8 Å². The first-order valence-corrected chi connectivity index (χ1v) is 11.7. The lowest BCUT2D eigenvalue weighted by Gasteiger charge is -2.48. The molecule has 1 aromatic carbocycles. The van der Waals surface area contributed by atoms with Gasteiger partial charge in [0.05, 0.1) is 11.9 Å². The second-order valence-electron chi connectivity index (χ2n) is 9.26. The van der Waals surface area contributed by atoms with Crippen molar-refractivity contribution in [3.05, 3.63) is 59.5 Å². The zero-order chi connectivity index (χ0) is 27.2. The van der Waals surface area contributed by atoms with Crippen molar-refractivity contribution in [1.82, 2.24) is 15.1 Å². The van der Waals surface area contributed by atoms with E-state index in [0.717, 1.165) is 12.1 Å². The van der Waals surface area contributed by atoms with Crippen LogP contribution in [0.1, 0.15) is 34.5 Å². The highest BCUT2D eigenvalue weighted by Crippen LogP contribution is 2.32. The van der Waals surface area contributed by atoms with Crippen LogP contribution >= 0.6 is 0 Å². The number of likely N-dealkylation sites (N-methyl/N-ethyl adjacent to an activating group) is 1. The summed E-state index contributed by atoms with van der Waals surface area (Å²) in [6.45, 7) is 5.03. The molecule has 2 fully saturated rings. The molecule has 12 heteroatoms. The molecule has 0 radical (unpaired) electrons. The topological polar surface area (TPSA) is 112 Å². The van der Waals surface area contributed by atoms with Gasteiger partial charge in [0.1, 0.15) is 6.10 Å². The minimum atomic E-state index is -5.08. The summed E-state index contributed by atoms with van der Waals surface area (Å²) >= 11 is 0. The molecule has 0 saturated carbocycles. The second-order valence-corrected chi connectivity index (χ2v) is 9.26. The molecule has 1 atom stereocenters. The fraction of sp³-hybridized carbons (Fsp3) is 0.480. The van der Waals surface area contributed by atoms with Gasteiger partial charge in [-0.05, 0) is 44.5 Å². The number of piperidine rings is 1. The number of alkyl halides is 3. The number of carbonyl (C=O) groups excluding carboxylic acids is 2. The molecule has 2 saturated heterocycles. The standard InChI is InChI=1S/C23H29N3O4.C2HF3O2/c1-17-5-7-18(8-6-17)14-24-21(27)20-15-25(2)16-23(30-20)9-11-26(12-10-23)22(28)19-4-3-13-29-19;3-2(4,5)1(6)7/h3-8,13,20H,9-12,14-16H2,1-2H3,(H,24,27);(H,6,7). The van der Waals surface area contributed by atoms with Crippen molar-refractivity contribution in [3.63, 3.8) is 0 Å². The number of furan rings is 1. The SMILES string of the molecule is Cc1ccc(CNC(=O)C2CN(C)CC3(CCN(C(=O)c4ccco4)CC3)O2)cc1.O=C(O)C(F)(F)F. The molecular weight excluding hydrogens is 495 g/mol. The molecule has 1 aromatic heterocycles. The van der Waals surface area contributed by atoms with Crippen LogP contribution in [0.25, 0.3) is 0 Å². The predicted octanol–water partition coefficient (Wildman–Crippen LogP) is 2.84. The maximum Gasteiger partial charge on any atom is 0.490 e. The third-order valence-corrected chi connectivity index (χ3v) is 6.24. The number of amides is 2. The summed E-state index contributed by atoms with van der Waals surface area (Å²) in [5, 5.41) is 10.1. The van der Waals surface area contributed by atoms with E-state index in [2.05, 4.69) is 10.2 Å². The van der Waals surface area contributed by atoms with E-state index in [9.17, 15) is 22.8 Å².